The number of aromatic nitrogens is 3. The van der Waals surface area contributed by atoms with Crippen LogP contribution in [0.1, 0.15) is 40.5 Å². The van der Waals surface area contributed by atoms with Crippen LogP contribution in [0.4, 0.5) is 11.1 Å². The maximum Gasteiger partial charge on any atom is 0.263 e. The molecule has 0 radical (unpaired) electrons. The van der Waals surface area contributed by atoms with Crippen molar-refractivity contribution in [2.24, 2.45) is 0 Å². The number of carbonyl (C=O) groups excluding carboxylic acids is 1. The Morgan fingerprint density at radius 2 is 2.22 bits per heavy atom. The largest absolute Gasteiger partial charge is 0.375 e. The number of hydrogen-bond donors (Lipinski definition) is 2. The lowest BCUT2D eigenvalue weighted by Crippen LogP contribution is -2.37. The van der Waals surface area contributed by atoms with Crippen molar-refractivity contribution in [3.05, 3.63) is 29.0 Å². The molecule has 2 aromatic heterocycles. The molecule has 4 rings (SSSR count). The van der Waals surface area contributed by atoms with Gasteiger partial charge in [0.05, 0.1) is 6.20 Å². The number of hydrogen-bond acceptors (Lipinski definition) is 7. The van der Waals surface area contributed by atoms with Gasteiger partial charge < -0.3 is 16.0 Å². The molecule has 0 bridgehead atoms. The molecular weight excluding hydrogens is 312 g/mol. The Hall–Kier alpha value is -2.22. The quantitative estimate of drug-likeness (QED) is 0.879. The minimum Gasteiger partial charge on any atom is -0.375 e. The van der Waals surface area contributed by atoms with Gasteiger partial charge in [0.2, 0.25) is 5.95 Å². The molecule has 1 atom stereocenters. The number of nitrogens with zero attached hydrogens (tertiary/aromatic N) is 4. The van der Waals surface area contributed by atoms with E-state index in [1.807, 2.05) is 12.3 Å². The van der Waals surface area contributed by atoms with E-state index in [0.29, 0.717) is 15.9 Å². The zero-order valence-corrected chi connectivity index (χ0v) is 13.4. The number of nitrogens with two attached hydrogens (primary N) is 1. The number of amides is 1. The summed E-state index contributed by atoms with van der Waals surface area (Å²) in [6.07, 6.45) is 6.70. The van der Waals surface area contributed by atoms with Crippen LogP contribution in [-0.4, -0.2) is 40.0 Å². The van der Waals surface area contributed by atoms with Crippen LogP contribution >= 0.6 is 11.3 Å². The van der Waals surface area contributed by atoms with Crippen molar-refractivity contribution < 1.29 is 4.79 Å². The Bertz CT molecular complexity index is 728. The first-order valence-electron chi connectivity index (χ1n) is 7.79. The van der Waals surface area contributed by atoms with E-state index in [0.717, 1.165) is 31.2 Å². The normalized spacial score (nSPS) is 20.7. The molecule has 1 amide bonds. The fourth-order valence-electron chi connectivity index (χ4n) is 2.83. The van der Waals surface area contributed by atoms with E-state index in [1.54, 1.807) is 0 Å². The second-order valence-electron chi connectivity index (χ2n) is 6.02. The average Bonchev–Trinajstić information content (AvgIpc) is 3.16. The van der Waals surface area contributed by atoms with Gasteiger partial charge in [-0.15, -0.1) is 0 Å². The lowest BCUT2D eigenvalue weighted by molar-refractivity contribution is 0.0944. The minimum absolute atomic E-state index is 0.0963. The van der Waals surface area contributed by atoms with Gasteiger partial charge in [-0.25, -0.2) is 15.0 Å². The zero-order chi connectivity index (χ0) is 15.8. The van der Waals surface area contributed by atoms with Crippen LogP contribution in [-0.2, 0) is 0 Å². The summed E-state index contributed by atoms with van der Waals surface area (Å²) in [5.41, 5.74) is 6.71. The summed E-state index contributed by atoms with van der Waals surface area (Å²) >= 11 is 1.20. The topological polar surface area (TPSA) is 97.0 Å². The molecular formula is C15H18N6OS. The lowest BCUT2D eigenvalue weighted by Gasteiger charge is -2.17. The highest BCUT2D eigenvalue weighted by molar-refractivity contribution is 7.17. The maximum atomic E-state index is 12.2. The smallest absolute Gasteiger partial charge is 0.263 e. The molecule has 0 aromatic carbocycles. The Labute approximate surface area is 138 Å². The molecule has 1 saturated heterocycles. The summed E-state index contributed by atoms with van der Waals surface area (Å²) in [4.78, 5) is 27.8. The van der Waals surface area contributed by atoms with E-state index in [4.69, 9.17) is 5.73 Å². The Morgan fingerprint density at radius 1 is 1.35 bits per heavy atom. The van der Waals surface area contributed by atoms with E-state index in [1.165, 1.54) is 30.4 Å². The van der Waals surface area contributed by atoms with E-state index in [-0.39, 0.29) is 11.9 Å². The van der Waals surface area contributed by atoms with Crippen molar-refractivity contribution in [1.82, 2.24) is 20.3 Å². The van der Waals surface area contributed by atoms with Gasteiger partial charge >= 0.3 is 0 Å². The molecule has 1 saturated carbocycles. The Morgan fingerprint density at radius 3 is 2.96 bits per heavy atom. The first kappa shape index (κ1) is 14.4. The SMILES string of the molecule is Nc1ncc(C(=O)NC2CCN(c3nccc(C4CC4)n3)C2)s1. The molecule has 3 heterocycles. The first-order chi connectivity index (χ1) is 11.2. The number of carbonyl (C=O) groups is 1. The summed E-state index contributed by atoms with van der Waals surface area (Å²) in [5, 5.41) is 3.45. The van der Waals surface area contributed by atoms with Gasteiger partial charge in [-0.2, -0.15) is 0 Å². The summed E-state index contributed by atoms with van der Waals surface area (Å²) in [6.45, 7) is 1.58. The van der Waals surface area contributed by atoms with Crippen LogP contribution in [0.3, 0.4) is 0 Å². The highest BCUT2D eigenvalue weighted by Gasteiger charge is 2.29. The van der Waals surface area contributed by atoms with Crippen LogP contribution in [0.2, 0.25) is 0 Å². The molecule has 8 heteroatoms. The number of rotatable bonds is 4. The lowest BCUT2D eigenvalue weighted by atomic mass is 10.2. The number of thiazole rings is 1. The number of anilines is 2. The molecule has 3 N–H and O–H groups in total. The summed E-state index contributed by atoms with van der Waals surface area (Å²) in [7, 11) is 0. The third-order valence-electron chi connectivity index (χ3n) is 4.21. The molecule has 2 aliphatic rings. The molecule has 2 aromatic rings. The van der Waals surface area contributed by atoms with Crippen LogP contribution in [0, 0.1) is 0 Å². The Balaban J connectivity index is 1.39. The second kappa shape index (κ2) is 5.77. The molecule has 0 spiro atoms. The highest BCUT2D eigenvalue weighted by atomic mass is 32.1. The third kappa shape index (κ3) is 3.12. The summed E-state index contributed by atoms with van der Waals surface area (Å²) in [6, 6.07) is 2.10. The second-order valence-corrected chi connectivity index (χ2v) is 7.09. The number of nitrogen functional groups attached to an aromatic ring is 1. The standard InChI is InChI=1S/C15H18N6OS/c16-14-18-7-12(23-14)13(22)19-10-4-6-21(8-10)15-17-5-3-11(20-15)9-1-2-9/h3,5,7,9-10H,1-2,4,6,8H2,(H2,16,18)(H,19,22). The van der Waals surface area contributed by atoms with Gasteiger partial charge in [0.15, 0.2) is 5.13 Å². The van der Waals surface area contributed by atoms with Crippen LogP contribution < -0.4 is 16.0 Å². The van der Waals surface area contributed by atoms with E-state index >= 15 is 0 Å². The molecule has 7 nitrogen and oxygen atoms in total. The predicted octanol–water partition coefficient (Wildman–Crippen LogP) is 1.40. The van der Waals surface area contributed by atoms with Crippen molar-refractivity contribution in [1.29, 1.82) is 0 Å². The van der Waals surface area contributed by atoms with Gasteiger partial charge in [0.1, 0.15) is 4.88 Å². The van der Waals surface area contributed by atoms with Gasteiger partial charge in [-0.05, 0) is 25.3 Å². The fourth-order valence-corrected chi connectivity index (χ4v) is 3.42. The molecule has 1 unspecified atom stereocenters. The molecule has 1 aliphatic carbocycles. The fraction of sp³-hybridized carbons (Fsp3) is 0.467. The molecule has 120 valence electrons. The van der Waals surface area contributed by atoms with Crippen LogP contribution in [0.25, 0.3) is 0 Å². The van der Waals surface area contributed by atoms with Gasteiger partial charge in [-0.3, -0.25) is 4.79 Å². The van der Waals surface area contributed by atoms with Crippen molar-refractivity contribution in [3.63, 3.8) is 0 Å². The summed E-state index contributed by atoms with van der Waals surface area (Å²) < 4.78 is 0. The highest BCUT2D eigenvalue weighted by Crippen LogP contribution is 2.39. The Kier molecular flexibility index (Phi) is 3.60. The monoisotopic (exact) mass is 330 g/mol. The van der Waals surface area contributed by atoms with Crippen LogP contribution in [0.15, 0.2) is 18.5 Å². The van der Waals surface area contributed by atoms with Crippen molar-refractivity contribution in [3.8, 4) is 0 Å². The van der Waals surface area contributed by atoms with Crippen molar-refractivity contribution in [2.75, 3.05) is 23.7 Å². The van der Waals surface area contributed by atoms with Crippen molar-refractivity contribution >= 4 is 28.3 Å². The predicted molar refractivity (Wildman–Crippen MR) is 88.6 cm³/mol. The van der Waals surface area contributed by atoms with E-state index < -0.39 is 0 Å². The minimum atomic E-state index is -0.112. The average molecular weight is 330 g/mol. The first-order valence-corrected chi connectivity index (χ1v) is 8.61. The molecule has 1 aliphatic heterocycles. The van der Waals surface area contributed by atoms with Crippen molar-refractivity contribution in [2.45, 2.75) is 31.2 Å². The van der Waals surface area contributed by atoms with E-state index in [9.17, 15) is 4.79 Å². The number of nitrogens with one attached hydrogen (secondary N) is 1. The third-order valence-corrected chi connectivity index (χ3v) is 5.04. The summed E-state index contributed by atoms with van der Waals surface area (Å²) in [5.74, 6) is 1.28. The van der Waals surface area contributed by atoms with E-state index in [2.05, 4.69) is 25.2 Å². The van der Waals surface area contributed by atoms with Gasteiger partial charge in [0, 0.05) is 36.9 Å². The van der Waals surface area contributed by atoms with Gasteiger partial charge in [0.25, 0.3) is 5.91 Å². The maximum absolute atomic E-state index is 12.2. The molecule has 23 heavy (non-hydrogen) atoms. The molecule has 2 fully saturated rings. The zero-order valence-electron chi connectivity index (χ0n) is 12.6. The van der Waals surface area contributed by atoms with Crippen LogP contribution in [0.5, 0.6) is 0 Å². The van der Waals surface area contributed by atoms with Gasteiger partial charge in [-0.1, -0.05) is 11.3 Å².